The van der Waals surface area contributed by atoms with Gasteiger partial charge in [-0.25, -0.2) is 4.39 Å². The third-order valence-electron chi connectivity index (χ3n) is 1.60. The van der Waals surface area contributed by atoms with E-state index in [9.17, 15) is 4.39 Å². The summed E-state index contributed by atoms with van der Waals surface area (Å²) in [5.41, 5.74) is 1.42. The number of H-pyrrole nitrogens is 2. The molecule has 0 saturated heterocycles. The average Bonchev–Trinajstić information content (AvgIpc) is 2.53. The van der Waals surface area contributed by atoms with Crippen LogP contribution in [0, 0.1) is 10.6 Å². The number of rotatable bonds is 1. The minimum Gasteiger partial charge on any atom is -0.337 e. The Bertz CT molecular complexity index is 457. The molecule has 0 atom stereocenters. The fourth-order valence-corrected chi connectivity index (χ4v) is 1.17. The zero-order chi connectivity index (χ0) is 9.26. The highest BCUT2D eigenvalue weighted by atomic mass is 32.1. The fraction of sp³-hybridized carbons (Fsp3) is 0. The van der Waals surface area contributed by atoms with Gasteiger partial charge in [-0.2, -0.15) is 0 Å². The van der Waals surface area contributed by atoms with E-state index in [1.165, 1.54) is 12.3 Å². The molecule has 0 fully saturated rings. The number of nitrogens with zero attached hydrogens (tertiary/aromatic N) is 1. The number of hydrogen-bond acceptors (Lipinski definition) is 2. The second-order valence-corrected chi connectivity index (χ2v) is 2.93. The molecule has 0 saturated carbocycles. The molecule has 0 radical (unpaired) electrons. The predicted octanol–water partition coefficient (Wildman–Crippen LogP) is 2.27. The Morgan fingerprint density at radius 3 is 2.77 bits per heavy atom. The maximum Gasteiger partial charge on any atom is 0.174 e. The van der Waals surface area contributed by atoms with Gasteiger partial charge in [0.05, 0.1) is 17.6 Å². The molecule has 3 nitrogen and oxygen atoms in total. The van der Waals surface area contributed by atoms with Crippen LogP contribution in [0.5, 0.6) is 0 Å². The Kier molecular flexibility index (Phi) is 1.94. The number of halogens is 1. The predicted molar refractivity (Wildman–Crippen MR) is 49.2 cm³/mol. The topological polar surface area (TPSA) is 44.5 Å². The third-order valence-corrected chi connectivity index (χ3v) is 1.82. The first-order chi connectivity index (χ1) is 6.25. The molecule has 0 aliphatic rings. The highest BCUT2D eigenvalue weighted by Crippen LogP contribution is 2.12. The fourth-order valence-electron chi connectivity index (χ4n) is 1.01. The first-order valence-corrected chi connectivity index (χ1v) is 4.06. The van der Waals surface area contributed by atoms with Gasteiger partial charge >= 0.3 is 0 Å². The molecule has 0 unspecified atom stereocenters. The monoisotopic (exact) mass is 195 g/mol. The van der Waals surface area contributed by atoms with E-state index >= 15 is 0 Å². The Hall–Kier alpha value is -1.49. The average molecular weight is 195 g/mol. The molecule has 2 N–H and O–H groups in total. The number of pyridine rings is 1. The van der Waals surface area contributed by atoms with Crippen molar-refractivity contribution in [3.63, 3.8) is 0 Å². The van der Waals surface area contributed by atoms with Gasteiger partial charge in [0.25, 0.3) is 0 Å². The normalized spacial score (nSPS) is 10.2. The minimum absolute atomic E-state index is 0.349. The molecule has 0 aliphatic heterocycles. The summed E-state index contributed by atoms with van der Waals surface area (Å²) in [7, 11) is 0. The van der Waals surface area contributed by atoms with E-state index in [1.54, 1.807) is 12.3 Å². The lowest BCUT2D eigenvalue weighted by molar-refractivity contribution is 0.622. The summed E-state index contributed by atoms with van der Waals surface area (Å²) in [5.74, 6) is -0.349. The molecule has 2 aromatic heterocycles. The number of imidazole rings is 1. The van der Waals surface area contributed by atoms with Gasteiger partial charge in [0.15, 0.2) is 4.77 Å². The van der Waals surface area contributed by atoms with Crippen LogP contribution in [-0.2, 0) is 0 Å². The van der Waals surface area contributed by atoms with Crippen LogP contribution in [0.15, 0.2) is 24.5 Å². The van der Waals surface area contributed by atoms with Gasteiger partial charge < -0.3 is 9.97 Å². The molecule has 0 aliphatic carbocycles. The van der Waals surface area contributed by atoms with Gasteiger partial charge in [0.1, 0.15) is 5.82 Å². The number of nitrogens with one attached hydrogen (secondary N) is 2. The molecular weight excluding hydrogens is 189 g/mol. The molecule has 13 heavy (non-hydrogen) atoms. The summed E-state index contributed by atoms with van der Waals surface area (Å²) in [6, 6.07) is 2.94. The molecular formula is C8H6FN3S. The molecule has 2 rings (SSSR count). The molecule has 5 heteroatoms. The SMILES string of the molecule is Fc1ccc(-c2c[nH]c(=S)[nH]2)nc1. The highest BCUT2D eigenvalue weighted by Gasteiger charge is 1.99. The van der Waals surface area contributed by atoms with Crippen LogP contribution < -0.4 is 0 Å². The van der Waals surface area contributed by atoms with Gasteiger partial charge in [-0.05, 0) is 24.4 Å². The second-order valence-electron chi connectivity index (χ2n) is 2.52. The second kappa shape index (κ2) is 3.10. The zero-order valence-electron chi connectivity index (χ0n) is 6.54. The summed E-state index contributed by atoms with van der Waals surface area (Å²) in [6.45, 7) is 0. The van der Waals surface area contributed by atoms with Crippen molar-refractivity contribution < 1.29 is 4.39 Å². The molecule has 66 valence electrons. The van der Waals surface area contributed by atoms with Crippen molar-refractivity contribution in [2.24, 2.45) is 0 Å². The van der Waals surface area contributed by atoms with Crippen LogP contribution >= 0.6 is 12.2 Å². The minimum atomic E-state index is -0.349. The number of hydrogen-bond donors (Lipinski definition) is 2. The lowest BCUT2D eigenvalue weighted by Crippen LogP contribution is -1.83. The lowest BCUT2D eigenvalue weighted by atomic mass is 10.3. The quantitative estimate of drug-likeness (QED) is 0.685. The van der Waals surface area contributed by atoms with E-state index in [4.69, 9.17) is 12.2 Å². The van der Waals surface area contributed by atoms with Crippen LogP contribution in [0.1, 0.15) is 0 Å². The van der Waals surface area contributed by atoms with Gasteiger partial charge in [-0.15, -0.1) is 0 Å². The van der Waals surface area contributed by atoms with Crippen molar-refractivity contribution in [3.8, 4) is 11.4 Å². The van der Waals surface area contributed by atoms with Crippen LogP contribution in [0.2, 0.25) is 0 Å². The smallest absolute Gasteiger partial charge is 0.174 e. The summed E-state index contributed by atoms with van der Waals surface area (Å²) in [5, 5.41) is 0. The molecule has 2 aromatic rings. The van der Waals surface area contributed by atoms with E-state index in [0.29, 0.717) is 10.5 Å². The Morgan fingerprint density at radius 2 is 2.23 bits per heavy atom. The number of aromatic nitrogens is 3. The van der Waals surface area contributed by atoms with Gasteiger partial charge in [0.2, 0.25) is 0 Å². The van der Waals surface area contributed by atoms with E-state index in [-0.39, 0.29) is 5.82 Å². The van der Waals surface area contributed by atoms with Gasteiger partial charge in [-0.1, -0.05) is 0 Å². The Morgan fingerprint density at radius 1 is 1.38 bits per heavy atom. The zero-order valence-corrected chi connectivity index (χ0v) is 7.36. The lowest BCUT2D eigenvalue weighted by Gasteiger charge is -1.94. The Labute approximate surface area is 78.7 Å². The summed E-state index contributed by atoms with van der Waals surface area (Å²) in [6.07, 6.45) is 2.86. The molecule has 0 bridgehead atoms. The highest BCUT2D eigenvalue weighted by molar-refractivity contribution is 7.71. The maximum atomic E-state index is 12.5. The van der Waals surface area contributed by atoms with Gasteiger partial charge in [-0.3, -0.25) is 4.98 Å². The summed E-state index contributed by atoms with van der Waals surface area (Å²) in [4.78, 5) is 9.58. The third kappa shape index (κ3) is 1.65. The van der Waals surface area contributed by atoms with Crippen molar-refractivity contribution in [3.05, 3.63) is 35.1 Å². The van der Waals surface area contributed by atoms with Gasteiger partial charge in [0, 0.05) is 6.20 Å². The molecule has 0 spiro atoms. The van der Waals surface area contributed by atoms with Crippen molar-refractivity contribution in [2.75, 3.05) is 0 Å². The largest absolute Gasteiger partial charge is 0.337 e. The van der Waals surface area contributed by atoms with Crippen LogP contribution in [0.25, 0.3) is 11.4 Å². The van der Waals surface area contributed by atoms with Crippen LogP contribution in [-0.4, -0.2) is 15.0 Å². The standard InChI is InChI=1S/C8H6FN3S/c9-5-1-2-6(10-3-5)7-4-11-8(13)12-7/h1-4H,(H2,11,12,13). The van der Waals surface area contributed by atoms with Crippen molar-refractivity contribution in [1.82, 2.24) is 15.0 Å². The van der Waals surface area contributed by atoms with Crippen molar-refractivity contribution in [1.29, 1.82) is 0 Å². The molecule has 0 aromatic carbocycles. The maximum absolute atomic E-state index is 12.5. The van der Waals surface area contributed by atoms with E-state index in [2.05, 4.69) is 15.0 Å². The molecule has 0 amide bonds. The van der Waals surface area contributed by atoms with E-state index in [1.807, 2.05) is 0 Å². The van der Waals surface area contributed by atoms with E-state index in [0.717, 1.165) is 5.69 Å². The first kappa shape index (κ1) is 8.12. The number of aromatic amines is 2. The first-order valence-electron chi connectivity index (χ1n) is 3.65. The van der Waals surface area contributed by atoms with E-state index < -0.39 is 0 Å². The van der Waals surface area contributed by atoms with Crippen LogP contribution in [0.4, 0.5) is 4.39 Å². The molecule has 2 heterocycles. The van der Waals surface area contributed by atoms with Crippen LogP contribution in [0.3, 0.4) is 0 Å². The van der Waals surface area contributed by atoms with Crippen molar-refractivity contribution >= 4 is 12.2 Å². The summed E-state index contributed by atoms with van der Waals surface area (Å²) >= 11 is 4.85. The summed E-state index contributed by atoms with van der Waals surface area (Å²) < 4.78 is 13.0. The van der Waals surface area contributed by atoms with Crippen molar-refractivity contribution in [2.45, 2.75) is 0 Å². The Balaban J connectivity index is 2.47.